The molecule has 0 amide bonds. The maximum Gasteiger partial charge on any atom is 0.0216 e. The van der Waals surface area contributed by atoms with Gasteiger partial charge in [-0.1, -0.05) is 13.8 Å². The van der Waals surface area contributed by atoms with Crippen LogP contribution < -0.4 is 0 Å². The van der Waals surface area contributed by atoms with Crippen molar-refractivity contribution in [3.8, 4) is 0 Å². The van der Waals surface area contributed by atoms with Gasteiger partial charge >= 0.3 is 0 Å². The Labute approximate surface area is 79.5 Å². The zero-order chi connectivity index (χ0) is 9.00. The molecule has 1 nitrogen and oxygen atoms in total. The van der Waals surface area contributed by atoms with Crippen molar-refractivity contribution in [3.05, 3.63) is 23.0 Å². The van der Waals surface area contributed by atoms with Crippen LogP contribution in [-0.4, -0.2) is 4.98 Å². The standard InChI is InChI=1S/C12H17N/c1-7(2)11-6-10-8-3-4-9(5-8)12(10)13-11/h6-9,13H,3-5H2,1-2H3. The Balaban J connectivity index is 2.07. The van der Waals surface area contributed by atoms with Crippen LogP contribution in [0.4, 0.5) is 0 Å². The molecule has 0 spiro atoms. The summed E-state index contributed by atoms with van der Waals surface area (Å²) in [4.78, 5) is 3.62. The Kier molecular flexibility index (Phi) is 1.42. The van der Waals surface area contributed by atoms with Gasteiger partial charge in [-0.3, -0.25) is 0 Å². The third-order valence-electron chi connectivity index (χ3n) is 3.80. The molecular weight excluding hydrogens is 158 g/mol. The average Bonchev–Trinajstić information content (AvgIpc) is 2.76. The zero-order valence-electron chi connectivity index (χ0n) is 8.43. The summed E-state index contributed by atoms with van der Waals surface area (Å²) in [7, 11) is 0. The normalized spacial score (nSPS) is 30.1. The minimum Gasteiger partial charge on any atom is -0.362 e. The van der Waals surface area contributed by atoms with Gasteiger partial charge in [0.05, 0.1) is 0 Å². The van der Waals surface area contributed by atoms with Gasteiger partial charge in [0, 0.05) is 11.4 Å². The lowest BCUT2D eigenvalue weighted by molar-refractivity contribution is 0.701. The van der Waals surface area contributed by atoms with Crippen molar-refractivity contribution in [3.63, 3.8) is 0 Å². The number of aromatic amines is 1. The Morgan fingerprint density at radius 1 is 1.31 bits per heavy atom. The molecule has 1 heterocycles. The molecule has 2 unspecified atom stereocenters. The number of H-pyrrole nitrogens is 1. The SMILES string of the molecule is CC(C)c1cc2c([nH]1)C1CCC2C1. The molecule has 0 saturated heterocycles. The third-order valence-corrected chi connectivity index (χ3v) is 3.80. The number of nitrogens with one attached hydrogen (secondary N) is 1. The first kappa shape index (κ1) is 7.66. The number of hydrogen-bond donors (Lipinski definition) is 1. The molecule has 1 fully saturated rings. The average molecular weight is 175 g/mol. The van der Waals surface area contributed by atoms with E-state index in [1.807, 2.05) is 0 Å². The number of fused-ring (bicyclic) bond motifs is 5. The Morgan fingerprint density at radius 3 is 2.77 bits per heavy atom. The maximum atomic E-state index is 3.62. The van der Waals surface area contributed by atoms with Crippen LogP contribution in [-0.2, 0) is 0 Å². The number of rotatable bonds is 1. The van der Waals surface area contributed by atoms with Crippen molar-refractivity contribution in [2.45, 2.75) is 50.9 Å². The van der Waals surface area contributed by atoms with Crippen molar-refractivity contribution in [1.82, 2.24) is 4.98 Å². The third kappa shape index (κ3) is 0.932. The summed E-state index contributed by atoms with van der Waals surface area (Å²) in [6, 6.07) is 2.42. The summed E-state index contributed by atoms with van der Waals surface area (Å²) >= 11 is 0. The predicted octanol–water partition coefficient (Wildman–Crippen LogP) is 3.50. The maximum absolute atomic E-state index is 3.62. The van der Waals surface area contributed by atoms with Gasteiger partial charge in [-0.15, -0.1) is 0 Å². The predicted molar refractivity (Wildman–Crippen MR) is 54.2 cm³/mol. The highest BCUT2D eigenvalue weighted by Gasteiger charge is 2.38. The van der Waals surface area contributed by atoms with E-state index in [1.54, 1.807) is 11.3 Å². The van der Waals surface area contributed by atoms with E-state index in [9.17, 15) is 0 Å². The lowest BCUT2D eigenvalue weighted by atomic mass is 9.97. The minimum atomic E-state index is 0.657. The van der Waals surface area contributed by atoms with Gasteiger partial charge < -0.3 is 4.98 Å². The molecule has 1 aromatic rings. The monoisotopic (exact) mass is 175 g/mol. The van der Waals surface area contributed by atoms with Gasteiger partial charge in [-0.25, -0.2) is 0 Å². The van der Waals surface area contributed by atoms with Crippen LogP contribution in [0.1, 0.15) is 67.8 Å². The summed E-state index contributed by atoms with van der Waals surface area (Å²) in [5, 5.41) is 0. The largest absolute Gasteiger partial charge is 0.362 e. The molecule has 1 aromatic heterocycles. The van der Waals surface area contributed by atoms with E-state index in [4.69, 9.17) is 0 Å². The minimum absolute atomic E-state index is 0.657. The highest BCUT2D eigenvalue weighted by Crippen LogP contribution is 2.53. The highest BCUT2D eigenvalue weighted by atomic mass is 14.8. The van der Waals surface area contributed by atoms with Gasteiger partial charge in [0.2, 0.25) is 0 Å². The molecule has 1 heteroatoms. The molecule has 13 heavy (non-hydrogen) atoms. The van der Waals surface area contributed by atoms with Crippen LogP contribution in [0.2, 0.25) is 0 Å². The lowest BCUT2D eigenvalue weighted by Gasteiger charge is -2.08. The molecule has 70 valence electrons. The fourth-order valence-corrected chi connectivity index (χ4v) is 3.02. The van der Waals surface area contributed by atoms with Crippen LogP contribution in [0.3, 0.4) is 0 Å². The Hall–Kier alpha value is -0.720. The fourth-order valence-electron chi connectivity index (χ4n) is 3.02. The van der Waals surface area contributed by atoms with E-state index in [0.29, 0.717) is 5.92 Å². The molecule has 0 aromatic carbocycles. The summed E-state index contributed by atoms with van der Waals surface area (Å²) in [5.74, 6) is 2.45. The summed E-state index contributed by atoms with van der Waals surface area (Å²) in [5.41, 5.74) is 4.68. The van der Waals surface area contributed by atoms with Crippen molar-refractivity contribution in [1.29, 1.82) is 0 Å². The van der Waals surface area contributed by atoms with E-state index in [1.165, 1.54) is 25.0 Å². The van der Waals surface area contributed by atoms with Gasteiger partial charge in [0.1, 0.15) is 0 Å². The molecule has 2 aliphatic carbocycles. The highest BCUT2D eigenvalue weighted by molar-refractivity contribution is 5.40. The Morgan fingerprint density at radius 2 is 2.08 bits per heavy atom. The molecule has 1 N–H and O–H groups in total. The quantitative estimate of drug-likeness (QED) is 0.672. The molecule has 1 saturated carbocycles. The van der Waals surface area contributed by atoms with Crippen LogP contribution in [0.5, 0.6) is 0 Å². The van der Waals surface area contributed by atoms with Crippen LogP contribution in [0, 0.1) is 0 Å². The summed E-state index contributed by atoms with van der Waals surface area (Å²) in [6.45, 7) is 4.53. The van der Waals surface area contributed by atoms with Crippen LogP contribution in [0.15, 0.2) is 6.07 Å². The molecule has 2 aliphatic rings. The van der Waals surface area contributed by atoms with Crippen LogP contribution in [0.25, 0.3) is 0 Å². The zero-order valence-corrected chi connectivity index (χ0v) is 8.43. The van der Waals surface area contributed by atoms with Gasteiger partial charge in [0.25, 0.3) is 0 Å². The fraction of sp³-hybridized carbons (Fsp3) is 0.667. The first-order valence-corrected chi connectivity index (χ1v) is 5.48. The summed E-state index contributed by atoms with van der Waals surface area (Å²) < 4.78 is 0. The van der Waals surface area contributed by atoms with Gasteiger partial charge in [-0.2, -0.15) is 0 Å². The second kappa shape index (κ2) is 2.40. The first-order valence-electron chi connectivity index (χ1n) is 5.48. The smallest absolute Gasteiger partial charge is 0.0216 e. The van der Waals surface area contributed by atoms with E-state index < -0.39 is 0 Å². The van der Waals surface area contributed by atoms with Crippen molar-refractivity contribution in [2.75, 3.05) is 0 Å². The molecule has 2 bridgehead atoms. The summed E-state index contributed by atoms with van der Waals surface area (Å²) in [6.07, 6.45) is 4.29. The van der Waals surface area contributed by atoms with E-state index in [-0.39, 0.29) is 0 Å². The lowest BCUT2D eigenvalue weighted by Crippen LogP contribution is -1.95. The van der Waals surface area contributed by atoms with Crippen molar-refractivity contribution >= 4 is 0 Å². The molecule has 0 aliphatic heterocycles. The molecule has 3 rings (SSSR count). The molecule has 0 radical (unpaired) electrons. The topological polar surface area (TPSA) is 15.8 Å². The first-order chi connectivity index (χ1) is 6.25. The van der Waals surface area contributed by atoms with E-state index in [0.717, 1.165) is 11.8 Å². The molecule has 2 atom stereocenters. The number of hydrogen-bond acceptors (Lipinski definition) is 0. The Bertz CT molecular complexity index is 307. The van der Waals surface area contributed by atoms with Crippen molar-refractivity contribution < 1.29 is 0 Å². The van der Waals surface area contributed by atoms with Crippen molar-refractivity contribution in [2.24, 2.45) is 0 Å². The second-order valence-electron chi connectivity index (χ2n) is 4.96. The van der Waals surface area contributed by atoms with Crippen LogP contribution >= 0.6 is 0 Å². The van der Waals surface area contributed by atoms with E-state index >= 15 is 0 Å². The number of aromatic nitrogens is 1. The second-order valence-corrected chi connectivity index (χ2v) is 4.96. The molecular formula is C12H17N. The van der Waals surface area contributed by atoms with E-state index in [2.05, 4.69) is 24.9 Å². The van der Waals surface area contributed by atoms with Gasteiger partial charge in [-0.05, 0) is 48.6 Å². The van der Waals surface area contributed by atoms with Gasteiger partial charge in [0.15, 0.2) is 0 Å².